The highest BCUT2D eigenvalue weighted by atomic mass is 15.2. The summed E-state index contributed by atoms with van der Waals surface area (Å²) in [4.78, 5) is 5.26. The fourth-order valence-electron chi connectivity index (χ4n) is 7.46. The summed E-state index contributed by atoms with van der Waals surface area (Å²) in [5, 5.41) is 0. The van der Waals surface area contributed by atoms with Gasteiger partial charge in [0.2, 0.25) is 0 Å². The normalized spacial score (nSPS) is 19.9. The standard InChI is InChI=1S/C41H49BN2/c1-11-13-15-33(20-26(3)12-2)43-36-16-14-17-37-40(36)42(34-21-28(5)30(7)23-38(34)43)35-22-29(6)31(8)24-39(35)44(37)41(10)19-18-27(4)32(9)25-41/h13-18,20-26H,11-12,19H2,1-10H3/b15-13-,33-20+. The third-order valence-corrected chi connectivity index (χ3v) is 10.6. The molecule has 2 aliphatic heterocycles. The Labute approximate surface area is 267 Å². The molecule has 226 valence electrons. The van der Waals surface area contributed by atoms with Gasteiger partial charge in [-0.2, -0.15) is 0 Å². The minimum atomic E-state index is -0.175. The fourth-order valence-corrected chi connectivity index (χ4v) is 7.46. The van der Waals surface area contributed by atoms with E-state index in [-0.39, 0.29) is 12.3 Å². The maximum atomic E-state index is 2.68. The summed E-state index contributed by atoms with van der Waals surface area (Å²) in [6.07, 6.45) is 15.2. The van der Waals surface area contributed by atoms with Gasteiger partial charge in [0.15, 0.2) is 0 Å². The zero-order valence-corrected chi connectivity index (χ0v) is 28.6. The first-order chi connectivity index (χ1) is 21.0. The number of benzene rings is 3. The summed E-state index contributed by atoms with van der Waals surface area (Å²) in [6.45, 7) is 23.1. The number of hydrogen-bond donors (Lipinski definition) is 0. The molecule has 1 aliphatic carbocycles. The van der Waals surface area contributed by atoms with Crippen molar-refractivity contribution in [2.45, 2.75) is 94.0 Å². The van der Waals surface area contributed by atoms with Crippen molar-refractivity contribution in [3.8, 4) is 0 Å². The van der Waals surface area contributed by atoms with Gasteiger partial charge < -0.3 is 9.80 Å². The second-order valence-electron chi connectivity index (χ2n) is 13.9. The van der Waals surface area contributed by atoms with E-state index in [4.69, 9.17) is 0 Å². The zero-order valence-electron chi connectivity index (χ0n) is 28.6. The number of rotatable bonds is 6. The predicted molar refractivity (Wildman–Crippen MR) is 195 cm³/mol. The Hall–Kier alpha value is -3.72. The predicted octanol–water partition coefficient (Wildman–Crippen LogP) is 9.29. The molecule has 0 bridgehead atoms. The first-order valence-electron chi connectivity index (χ1n) is 16.7. The van der Waals surface area contributed by atoms with Crippen molar-refractivity contribution >= 4 is 45.9 Å². The Morgan fingerprint density at radius 1 is 0.841 bits per heavy atom. The van der Waals surface area contributed by atoms with Gasteiger partial charge in [0.05, 0.1) is 5.54 Å². The summed E-state index contributed by atoms with van der Waals surface area (Å²) < 4.78 is 0. The highest BCUT2D eigenvalue weighted by Gasteiger charge is 2.46. The van der Waals surface area contributed by atoms with Crippen LogP contribution in [-0.4, -0.2) is 12.3 Å². The van der Waals surface area contributed by atoms with Crippen molar-refractivity contribution in [3.05, 3.63) is 112 Å². The Morgan fingerprint density at radius 3 is 2.09 bits per heavy atom. The number of anilines is 4. The average molecular weight is 581 g/mol. The van der Waals surface area contributed by atoms with E-state index < -0.39 is 0 Å². The SMILES string of the molecule is CC/C=C\C(=C/C(C)CC)N1c2cc(C)c(C)cc2B2c3cc(C)c(C)cc3N(C3(C)C=C(C)C(C)=CC3)c3cccc1c32. The summed E-state index contributed by atoms with van der Waals surface area (Å²) in [5.41, 5.74) is 18.8. The second-order valence-corrected chi connectivity index (χ2v) is 13.9. The van der Waals surface area contributed by atoms with Crippen LogP contribution in [0.2, 0.25) is 0 Å². The average Bonchev–Trinajstić information content (AvgIpc) is 2.99. The molecule has 2 unspecified atom stereocenters. The summed E-state index contributed by atoms with van der Waals surface area (Å²) in [6, 6.07) is 16.9. The van der Waals surface area contributed by atoms with Crippen LogP contribution in [0, 0.1) is 33.6 Å². The molecule has 0 saturated heterocycles. The van der Waals surface area contributed by atoms with E-state index in [0.717, 1.165) is 19.3 Å². The number of hydrogen-bond acceptors (Lipinski definition) is 2. The molecule has 6 rings (SSSR count). The van der Waals surface area contributed by atoms with E-state index in [9.17, 15) is 0 Å². The molecular formula is C41H49BN2. The molecule has 0 amide bonds. The van der Waals surface area contributed by atoms with Crippen LogP contribution in [0.1, 0.15) is 83.1 Å². The molecule has 0 radical (unpaired) electrons. The molecule has 0 fully saturated rings. The number of nitrogens with zero attached hydrogens (tertiary/aromatic N) is 2. The van der Waals surface area contributed by atoms with Gasteiger partial charge in [0.1, 0.15) is 0 Å². The molecule has 0 spiro atoms. The molecule has 44 heavy (non-hydrogen) atoms. The number of allylic oxidation sites excluding steroid dienone is 5. The zero-order chi connectivity index (χ0) is 31.5. The highest BCUT2D eigenvalue weighted by Crippen LogP contribution is 2.45. The van der Waals surface area contributed by atoms with Gasteiger partial charge in [-0.1, -0.05) is 80.8 Å². The lowest BCUT2D eigenvalue weighted by Gasteiger charge is -2.50. The van der Waals surface area contributed by atoms with Crippen LogP contribution in [-0.2, 0) is 0 Å². The van der Waals surface area contributed by atoms with E-state index in [2.05, 4.69) is 152 Å². The molecule has 3 aromatic carbocycles. The fraction of sp³-hybridized carbons (Fsp3) is 0.366. The topological polar surface area (TPSA) is 6.48 Å². The molecule has 2 heterocycles. The molecule has 3 heteroatoms. The van der Waals surface area contributed by atoms with Crippen molar-refractivity contribution in [2.75, 3.05) is 9.80 Å². The van der Waals surface area contributed by atoms with Crippen LogP contribution in [0.5, 0.6) is 0 Å². The van der Waals surface area contributed by atoms with Crippen LogP contribution in [0.4, 0.5) is 22.7 Å². The van der Waals surface area contributed by atoms with Gasteiger partial charge in [-0.05, 0) is 136 Å². The van der Waals surface area contributed by atoms with Crippen LogP contribution >= 0.6 is 0 Å². The summed E-state index contributed by atoms with van der Waals surface area (Å²) in [5.74, 6) is 0.478. The minimum Gasteiger partial charge on any atom is -0.333 e. The number of fused-ring (bicyclic) bond motifs is 4. The minimum absolute atomic E-state index is 0.173. The maximum Gasteiger partial charge on any atom is 0.252 e. The van der Waals surface area contributed by atoms with Gasteiger partial charge in [-0.15, -0.1) is 0 Å². The monoisotopic (exact) mass is 580 g/mol. The van der Waals surface area contributed by atoms with Crippen LogP contribution in [0.3, 0.4) is 0 Å². The van der Waals surface area contributed by atoms with Crippen molar-refractivity contribution in [1.82, 2.24) is 0 Å². The van der Waals surface area contributed by atoms with Gasteiger partial charge in [0, 0.05) is 28.4 Å². The van der Waals surface area contributed by atoms with Gasteiger partial charge in [0.25, 0.3) is 6.71 Å². The smallest absolute Gasteiger partial charge is 0.252 e. The molecule has 0 saturated carbocycles. The maximum absolute atomic E-state index is 2.68. The van der Waals surface area contributed by atoms with Crippen molar-refractivity contribution in [1.29, 1.82) is 0 Å². The van der Waals surface area contributed by atoms with Gasteiger partial charge in [-0.3, -0.25) is 0 Å². The van der Waals surface area contributed by atoms with Crippen molar-refractivity contribution in [2.24, 2.45) is 5.92 Å². The van der Waals surface area contributed by atoms with E-state index in [1.807, 2.05) is 0 Å². The Bertz CT molecular complexity index is 1770. The van der Waals surface area contributed by atoms with E-state index in [0.29, 0.717) is 5.92 Å². The summed E-state index contributed by atoms with van der Waals surface area (Å²) >= 11 is 0. The summed E-state index contributed by atoms with van der Waals surface area (Å²) in [7, 11) is 0. The second kappa shape index (κ2) is 11.3. The van der Waals surface area contributed by atoms with Crippen LogP contribution in [0.25, 0.3) is 0 Å². The number of aryl methyl sites for hydroxylation is 4. The molecule has 3 aliphatic rings. The lowest BCUT2D eigenvalue weighted by atomic mass is 9.33. The lowest BCUT2D eigenvalue weighted by molar-refractivity contribution is 0.563. The van der Waals surface area contributed by atoms with E-state index in [1.165, 1.54) is 78.2 Å². The Kier molecular flexibility index (Phi) is 7.81. The van der Waals surface area contributed by atoms with Crippen molar-refractivity contribution < 1.29 is 0 Å². The first-order valence-corrected chi connectivity index (χ1v) is 16.7. The van der Waals surface area contributed by atoms with Gasteiger partial charge >= 0.3 is 0 Å². The highest BCUT2D eigenvalue weighted by molar-refractivity contribution is 7.00. The van der Waals surface area contributed by atoms with Crippen molar-refractivity contribution in [3.63, 3.8) is 0 Å². The third-order valence-electron chi connectivity index (χ3n) is 10.6. The van der Waals surface area contributed by atoms with Crippen LogP contribution < -0.4 is 26.2 Å². The third kappa shape index (κ3) is 4.80. The largest absolute Gasteiger partial charge is 0.333 e. The Balaban J connectivity index is 1.72. The Morgan fingerprint density at radius 2 is 1.45 bits per heavy atom. The molecule has 0 N–H and O–H groups in total. The molecule has 2 atom stereocenters. The van der Waals surface area contributed by atoms with Crippen LogP contribution in [0.15, 0.2) is 89.7 Å². The van der Waals surface area contributed by atoms with E-state index >= 15 is 0 Å². The molecule has 3 aromatic rings. The molecule has 2 nitrogen and oxygen atoms in total. The molecular weight excluding hydrogens is 531 g/mol. The van der Waals surface area contributed by atoms with Gasteiger partial charge in [-0.25, -0.2) is 0 Å². The quantitative estimate of drug-likeness (QED) is 0.212. The molecule has 0 aromatic heterocycles. The van der Waals surface area contributed by atoms with E-state index in [1.54, 1.807) is 0 Å². The first kappa shape index (κ1) is 30.3. The lowest BCUT2D eigenvalue weighted by Crippen LogP contribution is -2.64.